The maximum Gasteiger partial charge on any atom is 0.260 e. The normalized spacial score (nSPS) is 16.5. The molecule has 35 heavy (non-hydrogen) atoms. The molecule has 2 aliphatic heterocycles. The number of nitrogens with zero attached hydrogens (tertiary/aromatic N) is 4. The number of imide groups is 1. The van der Waals surface area contributed by atoms with Crippen LogP contribution in [0.5, 0.6) is 0 Å². The Bertz CT molecular complexity index is 1230. The summed E-state index contributed by atoms with van der Waals surface area (Å²) in [6.07, 6.45) is 0.437. The zero-order chi connectivity index (χ0) is 23.7. The highest BCUT2D eigenvalue weighted by Gasteiger charge is 2.30. The van der Waals surface area contributed by atoms with Crippen molar-refractivity contribution in [1.82, 2.24) is 9.88 Å². The van der Waals surface area contributed by atoms with Crippen LogP contribution in [0.1, 0.15) is 23.2 Å². The summed E-state index contributed by atoms with van der Waals surface area (Å²) in [4.78, 5) is 47.5. The maximum atomic E-state index is 13.6. The van der Waals surface area contributed by atoms with E-state index in [9.17, 15) is 14.4 Å². The number of carbonyl (C=O) groups is 3. The number of halogens is 2. The minimum Gasteiger partial charge on any atom is -0.379 e. The van der Waals surface area contributed by atoms with Crippen LogP contribution >= 0.6 is 35.3 Å². The summed E-state index contributed by atoms with van der Waals surface area (Å²) in [5.41, 5.74) is 1.73. The first-order valence-corrected chi connectivity index (χ1v) is 12.3. The van der Waals surface area contributed by atoms with Gasteiger partial charge in [0.15, 0.2) is 5.13 Å². The Morgan fingerprint density at radius 3 is 2.43 bits per heavy atom. The Morgan fingerprint density at radius 1 is 1.06 bits per heavy atom. The van der Waals surface area contributed by atoms with Crippen molar-refractivity contribution in [2.45, 2.75) is 12.8 Å². The summed E-state index contributed by atoms with van der Waals surface area (Å²) in [6.45, 7) is 4.18. The van der Waals surface area contributed by atoms with Crippen LogP contribution < -0.4 is 9.80 Å². The average molecular weight is 535 g/mol. The summed E-state index contributed by atoms with van der Waals surface area (Å²) in [5, 5.41) is 1.22. The number of rotatable bonds is 6. The SMILES string of the molecule is Cl.O=C(c1ccc(N2C(=O)CCC2=O)cc1)N(CCN1CCOCC1)c1nc2ccc(Cl)cc2s1. The van der Waals surface area contributed by atoms with Crippen LogP contribution in [0.2, 0.25) is 5.02 Å². The average Bonchev–Trinajstić information content (AvgIpc) is 3.41. The fourth-order valence-electron chi connectivity index (χ4n) is 4.13. The Kier molecular flexibility index (Phi) is 8.03. The molecule has 184 valence electrons. The van der Waals surface area contributed by atoms with Crippen molar-refractivity contribution < 1.29 is 19.1 Å². The number of morpholine rings is 1. The summed E-state index contributed by atoms with van der Waals surface area (Å²) >= 11 is 7.57. The van der Waals surface area contributed by atoms with Crippen LogP contribution in [0.15, 0.2) is 42.5 Å². The van der Waals surface area contributed by atoms with Gasteiger partial charge in [-0.3, -0.25) is 29.1 Å². The monoisotopic (exact) mass is 534 g/mol. The van der Waals surface area contributed by atoms with E-state index in [1.165, 1.54) is 16.2 Å². The molecular formula is C24H24Cl2N4O4S. The molecular weight excluding hydrogens is 511 g/mol. The van der Waals surface area contributed by atoms with Gasteiger partial charge in [0, 0.05) is 49.6 Å². The predicted octanol–water partition coefficient (Wildman–Crippen LogP) is 4.00. The van der Waals surface area contributed by atoms with Gasteiger partial charge in [-0.05, 0) is 42.5 Å². The molecule has 0 N–H and O–H groups in total. The van der Waals surface area contributed by atoms with Crippen LogP contribution in [0, 0.1) is 0 Å². The Labute approximate surface area is 217 Å². The van der Waals surface area contributed by atoms with E-state index in [4.69, 9.17) is 16.3 Å². The quantitative estimate of drug-likeness (QED) is 0.444. The molecule has 0 unspecified atom stereocenters. The number of hydrogen-bond acceptors (Lipinski definition) is 7. The highest BCUT2D eigenvalue weighted by atomic mass is 35.5. The fourth-order valence-corrected chi connectivity index (χ4v) is 5.39. The smallest absolute Gasteiger partial charge is 0.260 e. The first-order valence-electron chi connectivity index (χ1n) is 11.1. The van der Waals surface area contributed by atoms with Gasteiger partial charge in [0.25, 0.3) is 5.91 Å². The van der Waals surface area contributed by atoms with Gasteiger partial charge in [-0.2, -0.15) is 0 Å². The van der Waals surface area contributed by atoms with E-state index in [1.807, 2.05) is 12.1 Å². The first-order chi connectivity index (χ1) is 16.5. The van der Waals surface area contributed by atoms with E-state index in [-0.39, 0.29) is 43.0 Å². The van der Waals surface area contributed by atoms with E-state index in [2.05, 4.69) is 9.88 Å². The second-order valence-electron chi connectivity index (χ2n) is 8.19. The Hall–Kier alpha value is -2.56. The van der Waals surface area contributed by atoms with Gasteiger partial charge in [0.1, 0.15) is 0 Å². The summed E-state index contributed by atoms with van der Waals surface area (Å²) in [7, 11) is 0. The molecule has 0 aliphatic carbocycles. The molecule has 0 saturated carbocycles. The number of fused-ring (bicyclic) bond motifs is 1. The molecule has 3 heterocycles. The number of hydrogen-bond donors (Lipinski definition) is 0. The standard InChI is InChI=1S/C24H23ClN4O4S.ClH/c25-17-3-6-19-20(15-17)34-24(26-19)28(10-9-27-11-13-33-14-12-27)23(32)16-1-4-18(5-2-16)29-21(30)7-8-22(29)31;/h1-6,15H,7-14H2;1H. The molecule has 0 atom stereocenters. The van der Waals surface area contributed by atoms with Gasteiger partial charge >= 0.3 is 0 Å². The van der Waals surface area contributed by atoms with Gasteiger partial charge in [-0.15, -0.1) is 12.4 Å². The minimum atomic E-state index is -0.218. The Balaban J connectivity index is 0.00000289. The number of anilines is 2. The van der Waals surface area contributed by atoms with Gasteiger partial charge < -0.3 is 4.74 Å². The summed E-state index contributed by atoms with van der Waals surface area (Å²) in [6, 6.07) is 12.1. The van der Waals surface area contributed by atoms with Gasteiger partial charge in [-0.25, -0.2) is 4.98 Å². The molecule has 3 amide bonds. The third kappa shape index (κ3) is 5.49. The lowest BCUT2D eigenvalue weighted by molar-refractivity contribution is -0.121. The highest BCUT2D eigenvalue weighted by molar-refractivity contribution is 7.22. The molecule has 0 bridgehead atoms. The van der Waals surface area contributed by atoms with Crippen molar-refractivity contribution in [3.05, 3.63) is 53.1 Å². The highest BCUT2D eigenvalue weighted by Crippen LogP contribution is 2.32. The van der Waals surface area contributed by atoms with Crippen molar-refractivity contribution in [3.8, 4) is 0 Å². The van der Waals surface area contributed by atoms with Crippen molar-refractivity contribution >= 4 is 74.1 Å². The molecule has 2 aromatic carbocycles. The van der Waals surface area contributed by atoms with Crippen LogP contribution in [-0.4, -0.2) is 67.0 Å². The molecule has 2 saturated heterocycles. The number of aromatic nitrogens is 1. The van der Waals surface area contributed by atoms with Crippen LogP contribution in [0.3, 0.4) is 0 Å². The number of carbonyl (C=O) groups excluding carboxylic acids is 3. The second-order valence-corrected chi connectivity index (χ2v) is 9.63. The van der Waals surface area contributed by atoms with Crippen LogP contribution in [0.4, 0.5) is 10.8 Å². The van der Waals surface area contributed by atoms with Crippen molar-refractivity contribution in [1.29, 1.82) is 0 Å². The molecule has 1 aromatic heterocycles. The van der Waals surface area contributed by atoms with Crippen molar-refractivity contribution in [2.24, 2.45) is 0 Å². The number of amides is 3. The lowest BCUT2D eigenvalue weighted by atomic mass is 10.1. The molecule has 0 spiro atoms. The lowest BCUT2D eigenvalue weighted by Gasteiger charge is -2.29. The fraction of sp³-hybridized carbons (Fsp3) is 0.333. The van der Waals surface area contributed by atoms with Crippen LogP contribution in [0.25, 0.3) is 10.2 Å². The van der Waals surface area contributed by atoms with Crippen molar-refractivity contribution in [2.75, 3.05) is 49.2 Å². The third-order valence-electron chi connectivity index (χ3n) is 5.98. The van der Waals surface area contributed by atoms with E-state index in [0.29, 0.717) is 47.7 Å². The lowest BCUT2D eigenvalue weighted by Crippen LogP contribution is -2.43. The maximum absolute atomic E-state index is 13.6. The summed E-state index contributed by atoms with van der Waals surface area (Å²) < 4.78 is 6.34. The molecule has 8 nitrogen and oxygen atoms in total. The third-order valence-corrected chi connectivity index (χ3v) is 7.26. The second kappa shape index (κ2) is 11.0. The van der Waals surface area contributed by atoms with Gasteiger partial charge in [0.05, 0.1) is 29.1 Å². The number of benzene rings is 2. The van der Waals surface area contributed by atoms with E-state index in [1.54, 1.807) is 35.2 Å². The van der Waals surface area contributed by atoms with E-state index >= 15 is 0 Å². The number of thiazole rings is 1. The predicted molar refractivity (Wildman–Crippen MR) is 139 cm³/mol. The zero-order valence-electron chi connectivity index (χ0n) is 18.8. The molecule has 2 fully saturated rings. The van der Waals surface area contributed by atoms with Crippen LogP contribution in [-0.2, 0) is 14.3 Å². The largest absolute Gasteiger partial charge is 0.379 e. The Morgan fingerprint density at radius 2 is 1.74 bits per heavy atom. The molecule has 5 rings (SSSR count). The van der Waals surface area contributed by atoms with Gasteiger partial charge in [-0.1, -0.05) is 22.9 Å². The minimum absolute atomic E-state index is 0. The first kappa shape index (κ1) is 25.5. The molecule has 11 heteroatoms. The van der Waals surface area contributed by atoms with Gasteiger partial charge in [0.2, 0.25) is 11.8 Å². The van der Waals surface area contributed by atoms with E-state index in [0.717, 1.165) is 23.3 Å². The number of ether oxygens (including phenoxy) is 1. The van der Waals surface area contributed by atoms with Crippen molar-refractivity contribution in [3.63, 3.8) is 0 Å². The topological polar surface area (TPSA) is 83.1 Å². The molecule has 0 radical (unpaired) electrons. The zero-order valence-corrected chi connectivity index (χ0v) is 21.2. The molecule has 2 aliphatic rings. The van der Waals surface area contributed by atoms with E-state index < -0.39 is 0 Å². The summed E-state index contributed by atoms with van der Waals surface area (Å²) in [5.74, 6) is -0.627. The molecule has 3 aromatic rings.